The summed E-state index contributed by atoms with van der Waals surface area (Å²) in [6, 6.07) is 11.2. The minimum atomic E-state index is -0.486. The number of nitriles is 1. The molecule has 1 aliphatic carbocycles. The summed E-state index contributed by atoms with van der Waals surface area (Å²) in [6.45, 7) is 1.99. The molecule has 0 radical (unpaired) electrons. The lowest BCUT2D eigenvalue weighted by atomic mass is 9.78. The number of rotatable bonds is 6. The zero-order valence-electron chi connectivity index (χ0n) is 20.0. The maximum absolute atomic E-state index is 13.2. The van der Waals surface area contributed by atoms with Gasteiger partial charge in [-0.15, -0.1) is 21.5 Å². The number of nitrogens with one attached hydrogen (secondary N) is 1. The Labute approximate surface area is 241 Å². The van der Waals surface area contributed by atoms with Gasteiger partial charge < -0.3 is 11.1 Å². The maximum atomic E-state index is 13.2. The maximum Gasteiger partial charge on any atom is 0.234 e. The fourth-order valence-electron chi connectivity index (χ4n) is 4.47. The van der Waals surface area contributed by atoms with Crippen LogP contribution in [0.4, 0.5) is 10.8 Å². The molecule has 0 spiro atoms. The number of nitrogens with zero attached hydrogens (tertiary/aromatic N) is 4. The molecular weight excluding hydrogens is 583 g/mol. The Bertz CT molecular complexity index is 1530. The first-order valence-corrected chi connectivity index (χ1v) is 14.9. The predicted octanol–water partition coefficient (Wildman–Crippen LogP) is 6.25. The van der Waals surface area contributed by atoms with Crippen LogP contribution in [0.5, 0.6) is 0 Å². The van der Waals surface area contributed by atoms with Gasteiger partial charge in [0.2, 0.25) is 11.0 Å². The van der Waals surface area contributed by atoms with Gasteiger partial charge in [-0.1, -0.05) is 52.4 Å². The van der Waals surface area contributed by atoms with Crippen molar-refractivity contribution in [2.75, 3.05) is 16.0 Å². The highest BCUT2D eigenvalue weighted by Gasteiger charge is 2.41. The number of halogens is 2. The van der Waals surface area contributed by atoms with Gasteiger partial charge in [0.1, 0.15) is 5.82 Å². The number of aryl methyl sites for hydroxylation is 1. The highest BCUT2D eigenvalue weighted by atomic mass is 35.5. The van der Waals surface area contributed by atoms with E-state index in [2.05, 4.69) is 21.6 Å². The van der Waals surface area contributed by atoms with Crippen LogP contribution < -0.4 is 16.0 Å². The van der Waals surface area contributed by atoms with Crippen molar-refractivity contribution in [3.05, 3.63) is 72.8 Å². The van der Waals surface area contributed by atoms with E-state index in [4.69, 9.17) is 28.9 Å². The number of hydrogen-bond donors (Lipinski definition) is 2. The van der Waals surface area contributed by atoms with Crippen LogP contribution in [0, 0.1) is 18.3 Å². The average molecular weight is 604 g/mol. The first-order valence-electron chi connectivity index (χ1n) is 11.5. The first kappa shape index (κ1) is 26.7. The molecular formula is C25H20Cl2N6O2S3. The molecule has 0 saturated heterocycles. The Morgan fingerprint density at radius 3 is 2.68 bits per heavy atom. The molecule has 38 heavy (non-hydrogen) atoms. The number of allylic oxidation sites excluding steroid dienone is 3. The molecule has 0 fully saturated rings. The summed E-state index contributed by atoms with van der Waals surface area (Å²) >= 11 is 16.3. The summed E-state index contributed by atoms with van der Waals surface area (Å²) < 4.78 is 0.534. The van der Waals surface area contributed by atoms with E-state index >= 15 is 0 Å². The number of hydrogen-bond acceptors (Lipinski definition) is 10. The Balaban J connectivity index is 1.41. The topological polar surface area (TPSA) is 125 Å². The number of amides is 1. The number of carbonyl (C=O) groups is 2. The highest BCUT2D eigenvalue weighted by molar-refractivity contribution is 8.01. The van der Waals surface area contributed by atoms with Gasteiger partial charge in [-0.3, -0.25) is 14.5 Å². The van der Waals surface area contributed by atoms with Crippen LogP contribution in [0.3, 0.4) is 0 Å². The van der Waals surface area contributed by atoms with Gasteiger partial charge in [-0.05, 0) is 44.0 Å². The summed E-state index contributed by atoms with van der Waals surface area (Å²) in [5.74, 6) is -0.475. The van der Waals surface area contributed by atoms with Gasteiger partial charge in [-0.2, -0.15) is 5.26 Å². The van der Waals surface area contributed by atoms with E-state index < -0.39 is 5.92 Å². The van der Waals surface area contributed by atoms with Gasteiger partial charge in [0.05, 0.1) is 39.0 Å². The summed E-state index contributed by atoms with van der Waals surface area (Å²) in [5, 5.41) is 22.5. The van der Waals surface area contributed by atoms with Crippen LogP contribution in [0.25, 0.3) is 0 Å². The first-order chi connectivity index (χ1) is 18.3. The Hall–Kier alpha value is -2.88. The van der Waals surface area contributed by atoms with Crippen LogP contribution >= 0.6 is 57.6 Å². The molecule has 1 unspecified atom stereocenters. The van der Waals surface area contributed by atoms with E-state index in [-0.39, 0.29) is 23.3 Å². The molecule has 1 atom stereocenters. The smallest absolute Gasteiger partial charge is 0.234 e. The van der Waals surface area contributed by atoms with Crippen molar-refractivity contribution >= 4 is 80.1 Å². The Morgan fingerprint density at radius 2 is 2.00 bits per heavy atom. The largest absolute Gasteiger partial charge is 0.384 e. The molecule has 3 N–H and O–H groups in total. The molecule has 1 amide bonds. The van der Waals surface area contributed by atoms with Gasteiger partial charge in [-0.25, -0.2) is 0 Å². The second-order valence-corrected chi connectivity index (χ2v) is 12.9. The highest BCUT2D eigenvalue weighted by Crippen LogP contribution is 2.48. The third-order valence-electron chi connectivity index (χ3n) is 6.10. The zero-order chi connectivity index (χ0) is 27.0. The standard InChI is InChI=1S/C25H20Cl2N6O2S3/c1-12-8-9-18(37-12)20-13(10-28)23(29)33(16-6-3-7-17(34)21(16)20)24-31-32-25(38-24)36-11-19(35)30-22-14(26)4-2-5-15(22)27/h2,4-5,8-9,20H,3,6-7,11,29H2,1H3,(H,30,35). The number of anilines is 2. The number of Topliss-reactive ketones (excluding diaryl/α,β-unsaturated/α-hetero) is 1. The summed E-state index contributed by atoms with van der Waals surface area (Å²) in [6.07, 6.45) is 1.74. The number of aromatic nitrogens is 2. The Morgan fingerprint density at radius 1 is 1.24 bits per heavy atom. The predicted molar refractivity (Wildman–Crippen MR) is 153 cm³/mol. The van der Waals surface area contributed by atoms with E-state index in [0.29, 0.717) is 55.6 Å². The number of para-hydroxylation sites is 1. The van der Waals surface area contributed by atoms with Crippen LogP contribution in [0.15, 0.2) is 57.3 Å². The fraction of sp³-hybridized carbons (Fsp3) is 0.240. The molecule has 8 nitrogen and oxygen atoms in total. The van der Waals surface area contributed by atoms with Gasteiger partial charge in [0.15, 0.2) is 10.1 Å². The summed E-state index contributed by atoms with van der Waals surface area (Å²) in [7, 11) is 0. The van der Waals surface area contributed by atoms with Gasteiger partial charge in [0, 0.05) is 27.4 Å². The molecule has 5 rings (SSSR count). The van der Waals surface area contributed by atoms with Crippen molar-refractivity contribution in [2.45, 2.75) is 36.4 Å². The average Bonchev–Trinajstić information content (AvgIpc) is 3.53. The molecule has 3 heterocycles. The monoisotopic (exact) mass is 602 g/mol. The molecule has 0 saturated carbocycles. The van der Waals surface area contributed by atoms with Crippen LogP contribution in [0.2, 0.25) is 10.0 Å². The van der Waals surface area contributed by atoms with Crippen LogP contribution in [0.1, 0.15) is 34.9 Å². The van der Waals surface area contributed by atoms with E-state index in [0.717, 1.165) is 15.5 Å². The molecule has 13 heteroatoms. The lowest BCUT2D eigenvalue weighted by Gasteiger charge is -2.37. The van der Waals surface area contributed by atoms with Gasteiger partial charge >= 0.3 is 0 Å². The van der Waals surface area contributed by atoms with E-state index in [1.165, 1.54) is 23.1 Å². The molecule has 1 aromatic carbocycles. The number of nitrogens with two attached hydrogens (primary N) is 1. The van der Waals surface area contributed by atoms with Crippen molar-refractivity contribution in [2.24, 2.45) is 5.73 Å². The number of carbonyl (C=O) groups excluding carboxylic acids is 2. The van der Waals surface area contributed by atoms with Gasteiger partial charge in [0.25, 0.3) is 0 Å². The lowest BCUT2D eigenvalue weighted by Crippen LogP contribution is -2.38. The Kier molecular flexibility index (Phi) is 7.79. The van der Waals surface area contributed by atoms with Crippen molar-refractivity contribution < 1.29 is 9.59 Å². The third kappa shape index (κ3) is 5.07. The number of thiophene rings is 1. The van der Waals surface area contributed by atoms with Crippen molar-refractivity contribution in [3.8, 4) is 6.07 Å². The molecule has 0 bridgehead atoms. The van der Waals surface area contributed by atoms with E-state index in [1.54, 1.807) is 34.4 Å². The second kappa shape index (κ2) is 11.1. The molecule has 2 aliphatic rings. The van der Waals surface area contributed by atoms with Crippen molar-refractivity contribution in [1.82, 2.24) is 10.2 Å². The number of thioether (sulfide) groups is 1. The molecule has 2 aromatic heterocycles. The number of ketones is 1. The third-order valence-corrected chi connectivity index (χ3v) is 9.84. The van der Waals surface area contributed by atoms with E-state index in [1.807, 2.05) is 19.1 Å². The quantitative estimate of drug-likeness (QED) is 0.317. The minimum absolute atomic E-state index is 0.0153. The molecule has 194 valence electrons. The summed E-state index contributed by atoms with van der Waals surface area (Å²) in [4.78, 5) is 29.4. The molecule has 3 aromatic rings. The molecule has 1 aliphatic heterocycles. The zero-order valence-corrected chi connectivity index (χ0v) is 23.9. The lowest BCUT2D eigenvalue weighted by molar-refractivity contribution is -0.116. The SMILES string of the molecule is Cc1ccc(C2C(C#N)=C(N)N(c3nnc(SCC(=O)Nc4c(Cl)cccc4Cl)s3)C3=C2C(=O)CCC3)s1. The minimum Gasteiger partial charge on any atom is -0.384 e. The van der Waals surface area contributed by atoms with Crippen molar-refractivity contribution in [3.63, 3.8) is 0 Å². The normalized spacial score (nSPS) is 17.5. The fourth-order valence-corrected chi connectivity index (χ4v) is 7.64. The van der Waals surface area contributed by atoms with Crippen LogP contribution in [-0.2, 0) is 9.59 Å². The van der Waals surface area contributed by atoms with Crippen LogP contribution in [-0.4, -0.2) is 27.6 Å². The summed E-state index contributed by atoms with van der Waals surface area (Å²) in [5.41, 5.74) is 8.62. The number of benzene rings is 1. The van der Waals surface area contributed by atoms with Crippen molar-refractivity contribution in [1.29, 1.82) is 5.26 Å². The van der Waals surface area contributed by atoms with E-state index in [9.17, 15) is 14.9 Å². The second-order valence-electron chi connectivity index (χ2n) is 8.55.